The van der Waals surface area contributed by atoms with Gasteiger partial charge in [-0.3, -0.25) is 9.78 Å². The lowest BCUT2D eigenvalue weighted by molar-refractivity contribution is -0.145. The average Bonchev–Trinajstić information content (AvgIpc) is 2.79. The minimum absolute atomic E-state index is 0.00630. The molecule has 0 radical (unpaired) electrons. The average molecular weight is 236 g/mol. The molecule has 0 saturated carbocycles. The first-order valence-corrected chi connectivity index (χ1v) is 5.76. The molecule has 0 aromatic carbocycles. The molecule has 1 fully saturated rings. The first-order chi connectivity index (χ1) is 8.29. The SMILES string of the molecule is CCOC(=O)C1CC(Oc2ccncc2)CN1. The molecule has 92 valence electrons. The van der Waals surface area contributed by atoms with Crippen LogP contribution < -0.4 is 10.1 Å². The first-order valence-electron chi connectivity index (χ1n) is 5.76. The molecule has 5 heteroatoms. The van der Waals surface area contributed by atoms with Crippen LogP contribution in [-0.4, -0.2) is 36.3 Å². The Kier molecular flexibility index (Phi) is 3.93. The van der Waals surface area contributed by atoms with Crippen molar-refractivity contribution in [3.05, 3.63) is 24.5 Å². The van der Waals surface area contributed by atoms with Gasteiger partial charge in [0.15, 0.2) is 0 Å². The topological polar surface area (TPSA) is 60.5 Å². The number of esters is 1. The largest absolute Gasteiger partial charge is 0.489 e. The van der Waals surface area contributed by atoms with Gasteiger partial charge in [-0.1, -0.05) is 0 Å². The first kappa shape index (κ1) is 11.9. The Morgan fingerprint density at radius 1 is 1.53 bits per heavy atom. The molecule has 2 unspecified atom stereocenters. The lowest BCUT2D eigenvalue weighted by atomic mass is 10.2. The minimum Gasteiger partial charge on any atom is -0.489 e. The molecule has 2 rings (SSSR count). The number of aromatic nitrogens is 1. The lowest BCUT2D eigenvalue weighted by Crippen LogP contribution is -2.32. The van der Waals surface area contributed by atoms with Crippen molar-refractivity contribution in [2.24, 2.45) is 0 Å². The minimum atomic E-state index is -0.248. The van der Waals surface area contributed by atoms with Crippen molar-refractivity contribution in [3.8, 4) is 5.75 Å². The summed E-state index contributed by atoms with van der Waals surface area (Å²) in [5, 5.41) is 3.10. The zero-order valence-corrected chi connectivity index (χ0v) is 9.76. The van der Waals surface area contributed by atoms with Gasteiger partial charge in [-0.2, -0.15) is 0 Å². The van der Waals surface area contributed by atoms with E-state index in [2.05, 4.69) is 10.3 Å². The maximum Gasteiger partial charge on any atom is 0.323 e. The number of ether oxygens (including phenoxy) is 2. The molecule has 1 aromatic rings. The van der Waals surface area contributed by atoms with Crippen molar-refractivity contribution in [1.82, 2.24) is 10.3 Å². The van der Waals surface area contributed by atoms with Gasteiger partial charge >= 0.3 is 5.97 Å². The number of carbonyl (C=O) groups is 1. The fourth-order valence-corrected chi connectivity index (χ4v) is 1.82. The zero-order valence-electron chi connectivity index (χ0n) is 9.76. The Balaban J connectivity index is 1.84. The summed E-state index contributed by atoms with van der Waals surface area (Å²) < 4.78 is 10.7. The van der Waals surface area contributed by atoms with E-state index in [9.17, 15) is 4.79 Å². The van der Waals surface area contributed by atoms with Crippen LogP contribution in [0.4, 0.5) is 0 Å². The van der Waals surface area contributed by atoms with Gasteiger partial charge in [0.25, 0.3) is 0 Å². The third-order valence-corrected chi connectivity index (χ3v) is 2.61. The highest BCUT2D eigenvalue weighted by Crippen LogP contribution is 2.16. The molecule has 17 heavy (non-hydrogen) atoms. The Morgan fingerprint density at radius 2 is 2.29 bits per heavy atom. The molecule has 1 saturated heterocycles. The van der Waals surface area contributed by atoms with E-state index in [1.807, 2.05) is 0 Å². The number of hydrogen-bond acceptors (Lipinski definition) is 5. The molecule has 0 aliphatic carbocycles. The van der Waals surface area contributed by atoms with Crippen LogP contribution in [0.5, 0.6) is 5.75 Å². The summed E-state index contributed by atoms with van der Waals surface area (Å²) in [6.45, 7) is 2.87. The zero-order chi connectivity index (χ0) is 12.1. The number of rotatable bonds is 4. The van der Waals surface area contributed by atoms with Crippen molar-refractivity contribution < 1.29 is 14.3 Å². The molecule has 1 aromatic heterocycles. The molecule has 2 atom stereocenters. The summed E-state index contributed by atoms with van der Waals surface area (Å²) >= 11 is 0. The summed E-state index contributed by atoms with van der Waals surface area (Å²) in [5.41, 5.74) is 0. The van der Waals surface area contributed by atoms with Crippen LogP contribution in [0.1, 0.15) is 13.3 Å². The summed E-state index contributed by atoms with van der Waals surface area (Å²) in [6, 6.07) is 3.36. The van der Waals surface area contributed by atoms with Gasteiger partial charge in [-0.15, -0.1) is 0 Å². The fourth-order valence-electron chi connectivity index (χ4n) is 1.82. The van der Waals surface area contributed by atoms with Crippen molar-refractivity contribution in [2.75, 3.05) is 13.2 Å². The highest BCUT2D eigenvalue weighted by molar-refractivity contribution is 5.76. The van der Waals surface area contributed by atoms with Gasteiger partial charge in [0.2, 0.25) is 0 Å². The fraction of sp³-hybridized carbons (Fsp3) is 0.500. The van der Waals surface area contributed by atoms with Gasteiger partial charge in [-0.05, 0) is 19.1 Å². The van der Waals surface area contributed by atoms with Crippen molar-refractivity contribution in [3.63, 3.8) is 0 Å². The van der Waals surface area contributed by atoms with Gasteiger partial charge in [-0.25, -0.2) is 0 Å². The molecule has 0 amide bonds. The molecular formula is C12H16N2O3. The second-order valence-corrected chi connectivity index (χ2v) is 3.87. The molecule has 0 spiro atoms. The van der Waals surface area contributed by atoms with E-state index in [4.69, 9.17) is 9.47 Å². The monoisotopic (exact) mass is 236 g/mol. The summed E-state index contributed by atoms with van der Waals surface area (Å²) in [5.74, 6) is 0.574. The highest BCUT2D eigenvalue weighted by Gasteiger charge is 2.31. The third-order valence-electron chi connectivity index (χ3n) is 2.61. The Labute approximate surface area is 100 Å². The van der Waals surface area contributed by atoms with Crippen LogP contribution >= 0.6 is 0 Å². The van der Waals surface area contributed by atoms with Crippen LogP contribution in [0.2, 0.25) is 0 Å². The Bertz CT molecular complexity index is 369. The number of hydrogen-bond donors (Lipinski definition) is 1. The molecule has 1 aliphatic heterocycles. The molecular weight excluding hydrogens is 220 g/mol. The summed E-state index contributed by atoms with van der Waals surface area (Å²) in [6.07, 6.45) is 4.01. The summed E-state index contributed by atoms with van der Waals surface area (Å²) in [7, 11) is 0. The molecule has 2 heterocycles. The second-order valence-electron chi connectivity index (χ2n) is 3.87. The van der Waals surface area contributed by atoms with Crippen LogP contribution in [0, 0.1) is 0 Å². The molecule has 1 N–H and O–H groups in total. The molecule has 1 aliphatic rings. The number of nitrogens with one attached hydrogen (secondary N) is 1. The number of nitrogens with zero attached hydrogens (tertiary/aromatic N) is 1. The Morgan fingerprint density at radius 3 is 3.00 bits per heavy atom. The smallest absolute Gasteiger partial charge is 0.323 e. The van der Waals surface area contributed by atoms with Gasteiger partial charge in [0.05, 0.1) is 6.61 Å². The third kappa shape index (κ3) is 3.17. The van der Waals surface area contributed by atoms with Crippen molar-refractivity contribution in [2.45, 2.75) is 25.5 Å². The number of carbonyl (C=O) groups excluding carboxylic acids is 1. The molecule has 0 bridgehead atoms. The lowest BCUT2D eigenvalue weighted by Gasteiger charge is -2.12. The van der Waals surface area contributed by atoms with Crippen LogP contribution in [0.15, 0.2) is 24.5 Å². The molecule has 5 nitrogen and oxygen atoms in total. The van der Waals surface area contributed by atoms with Gasteiger partial charge < -0.3 is 14.8 Å². The van der Waals surface area contributed by atoms with Crippen LogP contribution in [0.25, 0.3) is 0 Å². The Hall–Kier alpha value is -1.62. The maximum absolute atomic E-state index is 11.5. The standard InChI is InChI=1S/C12H16N2O3/c1-2-16-12(15)11-7-10(8-14-11)17-9-3-5-13-6-4-9/h3-6,10-11,14H,2,7-8H2,1H3. The van der Waals surface area contributed by atoms with E-state index in [1.165, 1.54) is 0 Å². The normalized spacial score (nSPS) is 23.4. The van der Waals surface area contributed by atoms with E-state index in [0.717, 1.165) is 5.75 Å². The van der Waals surface area contributed by atoms with Gasteiger partial charge in [0.1, 0.15) is 17.9 Å². The van der Waals surface area contributed by atoms with E-state index >= 15 is 0 Å². The van der Waals surface area contributed by atoms with Crippen LogP contribution in [0.3, 0.4) is 0 Å². The summed E-state index contributed by atoms with van der Waals surface area (Å²) in [4.78, 5) is 15.4. The maximum atomic E-state index is 11.5. The van der Waals surface area contributed by atoms with Crippen LogP contribution in [-0.2, 0) is 9.53 Å². The van der Waals surface area contributed by atoms with E-state index in [1.54, 1.807) is 31.5 Å². The number of pyridine rings is 1. The second kappa shape index (κ2) is 5.63. The van der Waals surface area contributed by atoms with Crippen molar-refractivity contribution in [1.29, 1.82) is 0 Å². The highest BCUT2D eigenvalue weighted by atomic mass is 16.5. The predicted molar refractivity (Wildman–Crippen MR) is 61.7 cm³/mol. The predicted octanol–water partition coefficient (Wildman–Crippen LogP) is 0.754. The van der Waals surface area contributed by atoms with E-state index in [-0.39, 0.29) is 18.1 Å². The van der Waals surface area contributed by atoms with E-state index < -0.39 is 0 Å². The quantitative estimate of drug-likeness (QED) is 0.782. The van der Waals surface area contributed by atoms with E-state index in [0.29, 0.717) is 19.6 Å². The van der Waals surface area contributed by atoms with Crippen molar-refractivity contribution >= 4 is 5.97 Å². The van der Waals surface area contributed by atoms with Gasteiger partial charge in [0, 0.05) is 25.4 Å².